The number of benzene rings is 1. The van der Waals surface area contributed by atoms with E-state index in [1.54, 1.807) is 0 Å². The van der Waals surface area contributed by atoms with Crippen LogP contribution in [0.25, 0.3) is 0 Å². The highest BCUT2D eigenvalue weighted by Crippen LogP contribution is 2.19. The van der Waals surface area contributed by atoms with E-state index in [0.717, 1.165) is 0 Å². The Morgan fingerprint density at radius 3 is 2.65 bits per heavy atom. The topological polar surface area (TPSA) is 66.8 Å². The Bertz CT molecular complexity index is 532. The van der Waals surface area contributed by atoms with Gasteiger partial charge in [-0.15, -0.1) is 0 Å². The van der Waals surface area contributed by atoms with Gasteiger partial charge in [0.1, 0.15) is 18.2 Å². The van der Waals surface area contributed by atoms with E-state index in [4.69, 9.17) is 9.84 Å². The lowest BCUT2D eigenvalue weighted by Gasteiger charge is -2.16. The molecule has 7 heteroatoms. The second-order valence-electron chi connectivity index (χ2n) is 4.81. The molecule has 112 valence electrons. The highest BCUT2D eigenvalue weighted by molar-refractivity contribution is 7.89. The average Bonchev–Trinajstić information content (AvgIpc) is 2.90. The van der Waals surface area contributed by atoms with Gasteiger partial charge in [-0.2, -0.15) is 0 Å². The van der Waals surface area contributed by atoms with Crippen LogP contribution >= 0.6 is 0 Å². The summed E-state index contributed by atoms with van der Waals surface area (Å²) in [6.07, 6.45) is 0.689. The molecule has 0 saturated carbocycles. The summed E-state index contributed by atoms with van der Waals surface area (Å²) in [4.78, 5) is 0. The summed E-state index contributed by atoms with van der Waals surface area (Å²) in [5, 5.41) is 9.02. The molecular formula is C13H18FNO4S. The second kappa shape index (κ2) is 6.51. The lowest BCUT2D eigenvalue weighted by atomic mass is 10.1. The maximum Gasteiger partial charge on any atom is 0.217 e. The molecule has 0 aliphatic carbocycles. The van der Waals surface area contributed by atoms with Crippen LogP contribution in [0.3, 0.4) is 0 Å². The molecule has 0 amide bonds. The van der Waals surface area contributed by atoms with Crippen LogP contribution in [0.2, 0.25) is 0 Å². The largest absolute Gasteiger partial charge is 0.492 e. The van der Waals surface area contributed by atoms with Crippen LogP contribution in [0.4, 0.5) is 4.39 Å². The molecule has 0 unspecified atom stereocenters. The fourth-order valence-electron chi connectivity index (χ4n) is 2.12. The summed E-state index contributed by atoms with van der Waals surface area (Å²) in [5.74, 6) is -0.0150. The van der Waals surface area contributed by atoms with Gasteiger partial charge in [0.15, 0.2) is 0 Å². The molecule has 0 radical (unpaired) electrons. The van der Waals surface area contributed by atoms with Crippen LogP contribution in [0.5, 0.6) is 5.75 Å². The SMILES string of the molecule is O=S(=O)(CCOc1ccc(F)cc1)N1CC[C@@H](CO)C1. The number of halogens is 1. The molecule has 1 aliphatic rings. The average molecular weight is 303 g/mol. The number of hydrogen-bond acceptors (Lipinski definition) is 4. The van der Waals surface area contributed by atoms with E-state index in [2.05, 4.69) is 0 Å². The Morgan fingerprint density at radius 1 is 1.35 bits per heavy atom. The molecule has 1 aromatic rings. The first-order chi connectivity index (χ1) is 9.51. The first kappa shape index (κ1) is 15.2. The van der Waals surface area contributed by atoms with Gasteiger partial charge in [-0.1, -0.05) is 0 Å². The summed E-state index contributed by atoms with van der Waals surface area (Å²) in [6.45, 7) is 0.853. The number of nitrogens with zero attached hydrogens (tertiary/aromatic N) is 1. The Balaban J connectivity index is 1.82. The van der Waals surface area contributed by atoms with E-state index in [-0.39, 0.29) is 30.7 Å². The van der Waals surface area contributed by atoms with Crippen molar-refractivity contribution in [2.24, 2.45) is 5.92 Å². The molecule has 1 fully saturated rings. The van der Waals surface area contributed by atoms with Crippen LogP contribution in [-0.2, 0) is 10.0 Å². The normalized spacial score (nSPS) is 20.2. The summed E-state index contributed by atoms with van der Waals surface area (Å²) in [7, 11) is -3.36. The summed E-state index contributed by atoms with van der Waals surface area (Å²) in [6, 6.07) is 5.44. The van der Waals surface area contributed by atoms with Gasteiger partial charge in [-0.05, 0) is 36.6 Å². The number of aliphatic hydroxyl groups excluding tert-OH is 1. The van der Waals surface area contributed by atoms with E-state index in [1.165, 1.54) is 28.6 Å². The summed E-state index contributed by atoms with van der Waals surface area (Å²) in [5.41, 5.74) is 0. The lowest BCUT2D eigenvalue weighted by molar-refractivity contribution is 0.233. The molecule has 2 rings (SSSR count). The van der Waals surface area contributed by atoms with Crippen LogP contribution in [-0.4, -0.2) is 49.9 Å². The Labute approximate surface area is 118 Å². The van der Waals surface area contributed by atoms with Crippen molar-refractivity contribution in [2.45, 2.75) is 6.42 Å². The van der Waals surface area contributed by atoms with Crippen molar-refractivity contribution in [3.63, 3.8) is 0 Å². The Kier molecular flexibility index (Phi) is 4.95. The van der Waals surface area contributed by atoms with E-state index in [1.807, 2.05) is 0 Å². The second-order valence-corrected chi connectivity index (χ2v) is 6.90. The standard InChI is InChI=1S/C13H18FNO4S/c14-12-1-3-13(4-2-12)19-7-8-20(17,18)15-6-5-11(9-15)10-16/h1-4,11,16H,5-10H2/t11-/m1/s1. The third-order valence-corrected chi connectivity index (χ3v) is 5.12. The number of rotatable bonds is 6. The van der Waals surface area contributed by atoms with Crippen molar-refractivity contribution in [1.82, 2.24) is 4.31 Å². The zero-order valence-electron chi connectivity index (χ0n) is 11.0. The number of sulfonamides is 1. The first-order valence-corrected chi connectivity index (χ1v) is 8.09. The molecule has 0 bridgehead atoms. The molecule has 20 heavy (non-hydrogen) atoms. The van der Waals surface area contributed by atoms with E-state index in [9.17, 15) is 12.8 Å². The zero-order valence-corrected chi connectivity index (χ0v) is 11.9. The van der Waals surface area contributed by atoms with Gasteiger partial charge in [0.2, 0.25) is 10.0 Å². The molecule has 1 N–H and O–H groups in total. The molecular weight excluding hydrogens is 285 g/mol. The predicted octanol–water partition coefficient (Wildman–Crippen LogP) is 0.849. The van der Waals surface area contributed by atoms with Gasteiger partial charge in [-0.25, -0.2) is 17.1 Å². The van der Waals surface area contributed by atoms with Gasteiger partial charge >= 0.3 is 0 Å². The molecule has 1 saturated heterocycles. The van der Waals surface area contributed by atoms with Crippen LogP contribution < -0.4 is 4.74 Å². The summed E-state index contributed by atoms with van der Waals surface area (Å²) < 4.78 is 43.5. The fraction of sp³-hybridized carbons (Fsp3) is 0.538. The van der Waals surface area contributed by atoms with Crippen molar-refractivity contribution in [1.29, 1.82) is 0 Å². The van der Waals surface area contributed by atoms with Gasteiger partial charge in [0.05, 0.1) is 5.75 Å². The molecule has 0 spiro atoms. The van der Waals surface area contributed by atoms with Crippen LogP contribution in [0.15, 0.2) is 24.3 Å². The minimum atomic E-state index is -3.36. The van der Waals surface area contributed by atoms with Crippen LogP contribution in [0, 0.1) is 11.7 Å². The third kappa shape index (κ3) is 3.91. The van der Waals surface area contributed by atoms with E-state index in [0.29, 0.717) is 25.3 Å². The van der Waals surface area contributed by atoms with Crippen molar-refractivity contribution in [3.8, 4) is 5.75 Å². The van der Waals surface area contributed by atoms with Crippen molar-refractivity contribution < 1.29 is 22.7 Å². The lowest BCUT2D eigenvalue weighted by Crippen LogP contribution is -2.33. The fourth-order valence-corrected chi connectivity index (χ4v) is 3.50. The molecule has 0 aromatic heterocycles. The smallest absolute Gasteiger partial charge is 0.217 e. The zero-order chi connectivity index (χ0) is 14.6. The van der Waals surface area contributed by atoms with Gasteiger partial charge in [0, 0.05) is 19.7 Å². The van der Waals surface area contributed by atoms with Crippen molar-refractivity contribution in [3.05, 3.63) is 30.1 Å². The minimum absolute atomic E-state index is 0.0120. The number of aliphatic hydroxyl groups is 1. The minimum Gasteiger partial charge on any atom is -0.492 e. The van der Waals surface area contributed by atoms with Crippen molar-refractivity contribution in [2.75, 3.05) is 32.1 Å². The summed E-state index contributed by atoms with van der Waals surface area (Å²) >= 11 is 0. The maximum absolute atomic E-state index is 12.7. The van der Waals surface area contributed by atoms with E-state index >= 15 is 0 Å². The maximum atomic E-state index is 12.7. The Morgan fingerprint density at radius 2 is 2.05 bits per heavy atom. The molecule has 5 nitrogen and oxygen atoms in total. The quantitative estimate of drug-likeness (QED) is 0.846. The van der Waals surface area contributed by atoms with Crippen molar-refractivity contribution >= 4 is 10.0 Å². The van der Waals surface area contributed by atoms with Gasteiger partial charge in [0.25, 0.3) is 0 Å². The molecule has 1 atom stereocenters. The third-order valence-electron chi connectivity index (χ3n) is 3.32. The van der Waals surface area contributed by atoms with E-state index < -0.39 is 10.0 Å². The molecule has 1 heterocycles. The highest BCUT2D eigenvalue weighted by atomic mass is 32.2. The van der Waals surface area contributed by atoms with Crippen LogP contribution in [0.1, 0.15) is 6.42 Å². The molecule has 1 aliphatic heterocycles. The highest BCUT2D eigenvalue weighted by Gasteiger charge is 2.30. The first-order valence-electron chi connectivity index (χ1n) is 6.48. The molecule has 1 aromatic carbocycles. The predicted molar refractivity (Wildman–Crippen MR) is 72.4 cm³/mol. The van der Waals surface area contributed by atoms with Gasteiger partial charge in [-0.3, -0.25) is 0 Å². The monoisotopic (exact) mass is 303 g/mol. The number of ether oxygens (including phenoxy) is 1. The number of hydrogen-bond donors (Lipinski definition) is 1. The Hall–Kier alpha value is -1.18. The van der Waals surface area contributed by atoms with Gasteiger partial charge < -0.3 is 9.84 Å².